The molecule has 1 aliphatic carbocycles. The zero-order valence-electron chi connectivity index (χ0n) is 11.7. The number of hydrogen-bond donors (Lipinski definition) is 1. The van der Waals surface area contributed by atoms with E-state index >= 15 is 0 Å². The summed E-state index contributed by atoms with van der Waals surface area (Å²) in [6, 6.07) is 6.39. The number of anilines is 1. The van der Waals surface area contributed by atoms with Gasteiger partial charge in [-0.15, -0.1) is 0 Å². The zero-order valence-corrected chi connectivity index (χ0v) is 11.7. The molecule has 0 saturated heterocycles. The van der Waals surface area contributed by atoms with Gasteiger partial charge in [0.1, 0.15) is 0 Å². The van der Waals surface area contributed by atoms with Gasteiger partial charge < -0.3 is 19.5 Å². The SMILES string of the molecule is COCC(Nc1ccc2c(c1)OC(C)(C)O2)C1CC1. The fraction of sp³-hybridized carbons (Fsp3) is 0.600. The monoisotopic (exact) mass is 263 g/mol. The van der Waals surface area contributed by atoms with Crippen LogP contribution in [0, 0.1) is 5.92 Å². The Morgan fingerprint density at radius 2 is 2.05 bits per heavy atom. The first-order valence-corrected chi connectivity index (χ1v) is 6.85. The normalized spacial score (nSPS) is 21.2. The van der Waals surface area contributed by atoms with E-state index in [-0.39, 0.29) is 0 Å². The summed E-state index contributed by atoms with van der Waals surface area (Å²) in [4.78, 5) is 0. The molecule has 0 spiro atoms. The summed E-state index contributed by atoms with van der Waals surface area (Å²) < 4.78 is 16.7. The van der Waals surface area contributed by atoms with Crippen molar-refractivity contribution in [3.8, 4) is 11.5 Å². The molecule has 19 heavy (non-hydrogen) atoms. The summed E-state index contributed by atoms with van der Waals surface area (Å²) in [7, 11) is 1.75. The molecule has 3 rings (SSSR count). The second kappa shape index (κ2) is 4.60. The molecule has 0 bridgehead atoms. The van der Waals surface area contributed by atoms with Gasteiger partial charge in [0, 0.05) is 32.7 Å². The van der Waals surface area contributed by atoms with Gasteiger partial charge >= 0.3 is 0 Å². The van der Waals surface area contributed by atoms with E-state index in [4.69, 9.17) is 14.2 Å². The maximum atomic E-state index is 5.76. The lowest BCUT2D eigenvalue weighted by atomic mass is 10.2. The lowest BCUT2D eigenvalue weighted by molar-refractivity contribution is -0.0431. The fourth-order valence-corrected chi connectivity index (χ4v) is 2.50. The molecule has 4 heteroatoms. The first-order chi connectivity index (χ1) is 9.07. The van der Waals surface area contributed by atoms with E-state index in [0.29, 0.717) is 6.04 Å². The van der Waals surface area contributed by atoms with Crippen LogP contribution in [0.1, 0.15) is 26.7 Å². The Balaban J connectivity index is 1.72. The van der Waals surface area contributed by atoms with Gasteiger partial charge in [-0.2, -0.15) is 0 Å². The van der Waals surface area contributed by atoms with Crippen LogP contribution in [0.15, 0.2) is 18.2 Å². The molecular weight excluding hydrogens is 242 g/mol. The predicted octanol–water partition coefficient (Wildman–Crippen LogP) is 3.03. The topological polar surface area (TPSA) is 39.7 Å². The molecule has 1 aromatic rings. The molecular formula is C15H21NO3. The Labute approximate surface area is 114 Å². The second-order valence-electron chi connectivity index (χ2n) is 5.81. The van der Waals surface area contributed by atoms with E-state index in [0.717, 1.165) is 29.7 Å². The van der Waals surface area contributed by atoms with Gasteiger partial charge in [-0.25, -0.2) is 0 Å². The Morgan fingerprint density at radius 3 is 2.74 bits per heavy atom. The van der Waals surface area contributed by atoms with E-state index in [1.54, 1.807) is 7.11 Å². The molecule has 1 unspecified atom stereocenters. The quantitative estimate of drug-likeness (QED) is 0.886. The van der Waals surface area contributed by atoms with Crippen molar-refractivity contribution in [3.05, 3.63) is 18.2 Å². The van der Waals surface area contributed by atoms with Crippen LogP contribution in [0.4, 0.5) is 5.69 Å². The average molecular weight is 263 g/mol. The highest BCUT2D eigenvalue weighted by Gasteiger charge is 2.33. The fourth-order valence-electron chi connectivity index (χ4n) is 2.50. The van der Waals surface area contributed by atoms with Crippen molar-refractivity contribution in [2.24, 2.45) is 5.92 Å². The molecule has 1 atom stereocenters. The van der Waals surface area contributed by atoms with E-state index in [1.807, 2.05) is 32.0 Å². The van der Waals surface area contributed by atoms with Crippen molar-refractivity contribution in [1.29, 1.82) is 0 Å². The Hall–Kier alpha value is -1.42. The van der Waals surface area contributed by atoms with Crippen LogP contribution >= 0.6 is 0 Å². The van der Waals surface area contributed by atoms with Crippen molar-refractivity contribution in [1.82, 2.24) is 0 Å². The summed E-state index contributed by atoms with van der Waals surface area (Å²) in [5, 5.41) is 3.54. The standard InChI is InChI=1S/C15H21NO3/c1-15(2)18-13-7-6-11(8-14(13)19-15)16-12(9-17-3)10-4-5-10/h6-8,10,12,16H,4-5,9H2,1-3H3. The van der Waals surface area contributed by atoms with E-state index in [9.17, 15) is 0 Å². The molecule has 0 aromatic heterocycles. The number of benzene rings is 1. The molecule has 4 nitrogen and oxygen atoms in total. The smallest absolute Gasteiger partial charge is 0.246 e. The third-order valence-electron chi connectivity index (χ3n) is 3.54. The highest BCUT2D eigenvalue weighted by atomic mass is 16.7. The van der Waals surface area contributed by atoms with Crippen LogP contribution in [0.2, 0.25) is 0 Å². The molecule has 1 N–H and O–H groups in total. The molecule has 1 heterocycles. The minimum atomic E-state index is -0.566. The molecule has 1 saturated carbocycles. The number of fused-ring (bicyclic) bond motifs is 1. The van der Waals surface area contributed by atoms with Crippen molar-refractivity contribution in [2.45, 2.75) is 38.5 Å². The maximum Gasteiger partial charge on any atom is 0.246 e. The number of ether oxygens (including phenoxy) is 3. The van der Waals surface area contributed by atoms with E-state index in [2.05, 4.69) is 5.32 Å². The highest BCUT2D eigenvalue weighted by Crippen LogP contribution is 2.41. The van der Waals surface area contributed by atoms with Gasteiger partial charge in [0.15, 0.2) is 11.5 Å². The van der Waals surface area contributed by atoms with E-state index in [1.165, 1.54) is 12.8 Å². The molecule has 104 valence electrons. The first-order valence-electron chi connectivity index (χ1n) is 6.85. The van der Waals surface area contributed by atoms with Gasteiger partial charge in [-0.05, 0) is 30.9 Å². The Bertz CT molecular complexity index is 468. The minimum Gasteiger partial charge on any atom is -0.449 e. The zero-order chi connectivity index (χ0) is 13.5. The number of nitrogens with one attached hydrogen (secondary N) is 1. The van der Waals surface area contributed by atoms with Gasteiger partial charge in [0.2, 0.25) is 5.79 Å². The summed E-state index contributed by atoms with van der Waals surface area (Å²) in [6.07, 6.45) is 2.58. The number of hydrogen-bond acceptors (Lipinski definition) is 4. The average Bonchev–Trinajstić information content (AvgIpc) is 3.11. The van der Waals surface area contributed by atoms with Crippen molar-refractivity contribution in [3.63, 3.8) is 0 Å². The van der Waals surface area contributed by atoms with Crippen molar-refractivity contribution >= 4 is 5.69 Å². The molecule has 1 aliphatic heterocycles. The van der Waals surface area contributed by atoms with Crippen LogP contribution in [0.25, 0.3) is 0 Å². The minimum absolute atomic E-state index is 0.387. The van der Waals surface area contributed by atoms with Gasteiger partial charge in [-0.1, -0.05) is 0 Å². The Kier molecular flexibility index (Phi) is 3.05. The van der Waals surface area contributed by atoms with Crippen LogP contribution in [-0.2, 0) is 4.74 Å². The third kappa shape index (κ3) is 2.78. The lowest BCUT2D eigenvalue weighted by Crippen LogP contribution is -2.29. The van der Waals surface area contributed by atoms with Crippen LogP contribution in [0.3, 0.4) is 0 Å². The third-order valence-corrected chi connectivity index (χ3v) is 3.54. The van der Waals surface area contributed by atoms with Crippen LogP contribution in [-0.4, -0.2) is 25.5 Å². The second-order valence-corrected chi connectivity index (χ2v) is 5.81. The largest absolute Gasteiger partial charge is 0.449 e. The maximum absolute atomic E-state index is 5.76. The molecule has 0 radical (unpaired) electrons. The van der Waals surface area contributed by atoms with Crippen LogP contribution in [0.5, 0.6) is 11.5 Å². The highest BCUT2D eigenvalue weighted by molar-refractivity contribution is 5.56. The summed E-state index contributed by atoms with van der Waals surface area (Å²) in [5.41, 5.74) is 1.06. The summed E-state index contributed by atoms with van der Waals surface area (Å²) in [6.45, 7) is 4.57. The van der Waals surface area contributed by atoms with Gasteiger partial charge in [0.25, 0.3) is 0 Å². The molecule has 2 aliphatic rings. The summed E-state index contributed by atoms with van der Waals surface area (Å²) in [5.74, 6) is 1.79. The van der Waals surface area contributed by atoms with Crippen molar-refractivity contribution in [2.75, 3.05) is 19.0 Å². The number of methoxy groups -OCH3 is 1. The molecule has 1 fully saturated rings. The van der Waals surface area contributed by atoms with Gasteiger partial charge in [-0.3, -0.25) is 0 Å². The first kappa shape index (κ1) is 12.6. The molecule has 0 amide bonds. The summed E-state index contributed by atoms with van der Waals surface area (Å²) >= 11 is 0. The van der Waals surface area contributed by atoms with Gasteiger partial charge in [0.05, 0.1) is 12.6 Å². The van der Waals surface area contributed by atoms with Crippen molar-refractivity contribution < 1.29 is 14.2 Å². The molecule has 1 aromatic carbocycles. The number of rotatable bonds is 5. The van der Waals surface area contributed by atoms with Crippen LogP contribution < -0.4 is 14.8 Å². The lowest BCUT2D eigenvalue weighted by Gasteiger charge is -2.18. The Morgan fingerprint density at radius 1 is 1.32 bits per heavy atom. The predicted molar refractivity (Wildman–Crippen MR) is 73.8 cm³/mol. The van der Waals surface area contributed by atoms with E-state index < -0.39 is 5.79 Å².